The molecule has 0 amide bonds. The highest BCUT2D eigenvalue weighted by atomic mass is 32.2. The molecule has 0 radical (unpaired) electrons. The Labute approximate surface area is 150 Å². The first-order chi connectivity index (χ1) is 11.9. The fourth-order valence-corrected chi connectivity index (χ4v) is 3.83. The minimum atomic E-state index is -3.22. The number of rotatable bonds is 5. The molecule has 6 nitrogen and oxygen atoms in total. The molecule has 0 unspecified atom stereocenters. The molecule has 0 fully saturated rings. The maximum Gasteiger partial charge on any atom is 0.188 e. The van der Waals surface area contributed by atoms with Crippen LogP contribution >= 0.6 is 11.3 Å². The van der Waals surface area contributed by atoms with Gasteiger partial charge >= 0.3 is 0 Å². The van der Waals surface area contributed by atoms with Gasteiger partial charge in [0.25, 0.3) is 0 Å². The van der Waals surface area contributed by atoms with Gasteiger partial charge in [0.1, 0.15) is 0 Å². The first-order valence-electron chi connectivity index (χ1n) is 7.47. The van der Waals surface area contributed by atoms with Crippen LogP contribution < -0.4 is 5.32 Å². The third kappa shape index (κ3) is 4.04. The van der Waals surface area contributed by atoms with Crippen molar-refractivity contribution in [1.29, 1.82) is 0 Å². The molecule has 25 heavy (non-hydrogen) atoms. The Morgan fingerprint density at radius 2 is 1.92 bits per heavy atom. The van der Waals surface area contributed by atoms with Gasteiger partial charge in [-0.3, -0.25) is 4.98 Å². The molecule has 2 aromatic heterocycles. The molecule has 0 atom stereocenters. The van der Waals surface area contributed by atoms with Crippen molar-refractivity contribution in [1.82, 2.24) is 9.97 Å². The number of aliphatic hydroxyl groups excluding tert-OH is 1. The van der Waals surface area contributed by atoms with E-state index in [0.717, 1.165) is 21.8 Å². The standard InChI is InChI=1S/C17H17N3O3S2/c1-11-9-12(7-8-18-11)16-15(10-21)24-17(20-16)19-13-3-5-14(6-4-13)25(2,22)23/h3-9,21H,10H2,1-2H3,(H,19,20). The number of nitrogens with zero attached hydrogens (tertiary/aromatic N) is 2. The minimum absolute atomic E-state index is 0.108. The molecule has 0 aliphatic heterocycles. The van der Waals surface area contributed by atoms with Gasteiger partial charge < -0.3 is 10.4 Å². The highest BCUT2D eigenvalue weighted by molar-refractivity contribution is 7.90. The topological polar surface area (TPSA) is 92.2 Å². The van der Waals surface area contributed by atoms with Crippen LogP contribution in [-0.4, -0.2) is 29.7 Å². The molecule has 2 heterocycles. The molecule has 3 rings (SSSR count). The predicted octanol–water partition coefficient (Wildman–Crippen LogP) is 3.15. The summed E-state index contributed by atoms with van der Waals surface area (Å²) in [6.45, 7) is 1.79. The zero-order chi connectivity index (χ0) is 18.0. The summed E-state index contributed by atoms with van der Waals surface area (Å²) in [6.07, 6.45) is 2.88. The number of hydrogen-bond acceptors (Lipinski definition) is 7. The third-order valence-electron chi connectivity index (χ3n) is 3.54. The van der Waals surface area contributed by atoms with Crippen molar-refractivity contribution in [2.45, 2.75) is 18.4 Å². The molecule has 0 aliphatic carbocycles. The van der Waals surface area contributed by atoms with Crippen molar-refractivity contribution >= 4 is 32.0 Å². The van der Waals surface area contributed by atoms with Crippen LogP contribution in [0.4, 0.5) is 10.8 Å². The van der Waals surface area contributed by atoms with E-state index in [0.29, 0.717) is 10.8 Å². The van der Waals surface area contributed by atoms with E-state index < -0.39 is 9.84 Å². The second kappa shape index (κ2) is 6.91. The number of aliphatic hydroxyl groups is 1. The van der Waals surface area contributed by atoms with Crippen molar-refractivity contribution in [3.05, 3.63) is 53.2 Å². The quantitative estimate of drug-likeness (QED) is 0.712. The number of thiazole rings is 1. The van der Waals surface area contributed by atoms with Crippen LogP contribution in [0.25, 0.3) is 11.3 Å². The molecule has 0 saturated heterocycles. The van der Waals surface area contributed by atoms with Crippen LogP contribution in [0, 0.1) is 6.92 Å². The monoisotopic (exact) mass is 375 g/mol. The van der Waals surface area contributed by atoms with Crippen LogP contribution in [0.5, 0.6) is 0 Å². The predicted molar refractivity (Wildman–Crippen MR) is 98.8 cm³/mol. The van der Waals surface area contributed by atoms with Gasteiger partial charge in [-0.2, -0.15) is 0 Å². The molecular weight excluding hydrogens is 358 g/mol. The van der Waals surface area contributed by atoms with Gasteiger partial charge in [-0.1, -0.05) is 11.3 Å². The Hall–Kier alpha value is -2.29. The maximum absolute atomic E-state index is 11.5. The fraction of sp³-hybridized carbons (Fsp3) is 0.176. The number of aryl methyl sites for hydroxylation is 1. The summed E-state index contributed by atoms with van der Waals surface area (Å²) in [6, 6.07) is 10.2. The number of anilines is 2. The van der Waals surface area contributed by atoms with Crippen molar-refractivity contribution in [2.75, 3.05) is 11.6 Å². The molecule has 0 saturated carbocycles. The molecular formula is C17H17N3O3S2. The summed E-state index contributed by atoms with van der Waals surface area (Å²) in [5, 5.41) is 13.4. The summed E-state index contributed by atoms with van der Waals surface area (Å²) in [7, 11) is -3.22. The number of pyridine rings is 1. The number of aromatic nitrogens is 2. The fourth-order valence-electron chi connectivity index (χ4n) is 2.34. The lowest BCUT2D eigenvalue weighted by Crippen LogP contribution is -1.97. The second-order valence-electron chi connectivity index (χ2n) is 5.56. The third-order valence-corrected chi connectivity index (χ3v) is 5.63. The first-order valence-corrected chi connectivity index (χ1v) is 10.2. The Morgan fingerprint density at radius 3 is 2.52 bits per heavy atom. The average Bonchev–Trinajstić information content (AvgIpc) is 2.97. The Bertz CT molecular complexity index is 996. The molecule has 2 N–H and O–H groups in total. The minimum Gasteiger partial charge on any atom is -0.391 e. The van der Waals surface area contributed by atoms with E-state index in [1.807, 2.05) is 19.1 Å². The van der Waals surface area contributed by atoms with E-state index in [2.05, 4.69) is 15.3 Å². The summed E-state index contributed by atoms with van der Waals surface area (Å²) in [4.78, 5) is 9.75. The van der Waals surface area contributed by atoms with E-state index in [1.54, 1.807) is 30.5 Å². The zero-order valence-electron chi connectivity index (χ0n) is 13.7. The van der Waals surface area contributed by atoms with E-state index in [4.69, 9.17) is 0 Å². The van der Waals surface area contributed by atoms with E-state index in [-0.39, 0.29) is 11.5 Å². The molecule has 8 heteroatoms. The number of sulfone groups is 1. The lowest BCUT2D eigenvalue weighted by molar-refractivity contribution is 0.286. The molecule has 3 aromatic rings. The van der Waals surface area contributed by atoms with Gasteiger partial charge in [-0.25, -0.2) is 13.4 Å². The van der Waals surface area contributed by atoms with Gasteiger partial charge in [0.2, 0.25) is 0 Å². The summed E-state index contributed by atoms with van der Waals surface area (Å²) >= 11 is 1.35. The van der Waals surface area contributed by atoms with Crippen LogP contribution in [-0.2, 0) is 16.4 Å². The lowest BCUT2D eigenvalue weighted by Gasteiger charge is -2.04. The Balaban J connectivity index is 1.89. The van der Waals surface area contributed by atoms with Crippen molar-refractivity contribution in [2.24, 2.45) is 0 Å². The highest BCUT2D eigenvalue weighted by Gasteiger charge is 2.13. The summed E-state index contributed by atoms with van der Waals surface area (Å²) < 4.78 is 23.0. The second-order valence-corrected chi connectivity index (χ2v) is 8.66. The zero-order valence-corrected chi connectivity index (χ0v) is 15.4. The molecule has 130 valence electrons. The Morgan fingerprint density at radius 1 is 1.20 bits per heavy atom. The molecule has 0 spiro atoms. The highest BCUT2D eigenvalue weighted by Crippen LogP contribution is 2.33. The smallest absolute Gasteiger partial charge is 0.188 e. The van der Waals surface area contributed by atoms with Crippen LogP contribution in [0.3, 0.4) is 0 Å². The van der Waals surface area contributed by atoms with E-state index in [9.17, 15) is 13.5 Å². The van der Waals surface area contributed by atoms with Gasteiger partial charge in [-0.15, -0.1) is 0 Å². The largest absolute Gasteiger partial charge is 0.391 e. The van der Waals surface area contributed by atoms with Crippen molar-refractivity contribution < 1.29 is 13.5 Å². The SMILES string of the molecule is Cc1cc(-c2nc(Nc3ccc(S(C)(=O)=O)cc3)sc2CO)ccn1. The van der Waals surface area contributed by atoms with Gasteiger partial charge in [0, 0.05) is 29.4 Å². The van der Waals surface area contributed by atoms with Crippen LogP contribution in [0.2, 0.25) is 0 Å². The molecule has 0 bridgehead atoms. The lowest BCUT2D eigenvalue weighted by atomic mass is 10.1. The number of nitrogens with one attached hydrogen (secondary N) is 1. The van der Waals surface area contributed by atoms with Crippen LogP contribution in [0.15, 0.2) is 47.5 Å². The number of hydrogen-bond donors (Lipinski definition) is 2. The average molecular weight is 375 g/mol. The first kappa shape index (κ1) is 17.5. The summed E-state index contributed by atoms with van der Waals surface area (Å²) in [5.74, 6) is 0. The van der Waals surface area contributed by atoms with Crippen molar-refractivity contribution in [3.63, 3.8) is 0 Å². The van der Waals surface area contributed by atoms with Crippen LogP contribution in [0.1, 0.15) is 10.6 Å². The number of benzene rings is 1. The molecule has 1 aromatic carbocycles. The van der Waals surface area contributed by atoms with E-state index >= 15 is 0 Å². The van der Waals surface area contributed by atoms with E-state index in [1.165, 1.54) is 17.6 Å². The van der Waals surface area contributed by atoms with Crippen molar-refractivity contribution in [3.8, 4) is 11.3 Å². The summed E-state index contributed by atoms with van der Waals surface area (Å²) in [5.41, 5.74) is 3.21. The Kier molecular flexibility index (Phi) is 4.85. The van der Waals surface area contributed by atoms with Gasteiger partial charge in [0.15, 0.2) is 15.0 Å². The van der Waals surface area contributed by atoms with Gasteiger partial charge in [-0.05, 0) is 43.3 Å². The molecule has 0 aliphatic rings. The van der Waals surface area contributed by atoms with Gasteiger partial charge in [0.05, 0.1) is 22.1 Å². The maximum atomic E-state index is 11.5. The normalized spacial score (nSPS) is 11.5.